The van der Waals surface area contributed by atoms with Crippen LogP contribution in [0.5, 0.6) is 0 Å². The van der Waals surface area contributed by atoms with Gasteiger partial charge in [0.05, 0.1) is 0 Å². The van der Waals surface area contributed by atoms with Crippen LogP contribution in [-0.4, -0.2) is 11.4 Å². The van der Waals surface area contributed by atoms with Gasteiger partial charge in [-0.25, -0.2) is 0 Å². The van der Waals surface area contributed by atoms with E-state index < -0.39 is 0 Å². The molecule has 0 aromatic heterocycles. The molecule has 1 atom stereocenters. The number of hydrogen-bond donors (Lipinski definition) is 1. The monoisotopic (exact) mass is 272 g/mol. The summed E-state index contributed by atoms with van der Waals surface area (Å²) in [5.41, 5.74) is 9.86. The quantitative estimate of drug-likeness (QED) is 0.928. The van der Waals surface area contributed by atoms with Crippen molar-refractivity contribution in [3.8, 4) is 0 Å². The van der Waals surface area contributed by atoms with E-state index in [0.717, 1.165) is 23.7 Å². The molecule has 2 nitrogen and oxygen atoms in total. The summed E-state index contributed by atoms with van der Waals surface area (Å²) in [6, 6.07) is 16.9. The lowest BCUT2D eigenvalue weighted by atomic mass is 10.1. The first-order valence-corrected chi connectivity index (χ1v) is 6.92. The number of hydrogen-bond acceptors (Lipinski definition) is 2. The molecule has 1 aliphatic heterocycles. The van der Waals surface area contributed by atoms with E-state index in [0.29, 0.717) is 12.6 Å². The van der Waals surface area contributed by atoms with Crippen molar-refractivity contribution < 1.29 is 0 Å². The molecule has 0 aliphatic carbocycles. The van der Waals surface area contributed by atoms with Crippen LogP contribution in [0.2, 0.25) is 5.02 Å². The molecule has 2 N–H and O–H groups in total. The molecular weight excluding hydrogens is 256 g/mol. The number of nitrogens with zero attached hydrogens (tertiary/aromatic N) is 1. The van der Waals surface area contributed by atoms with Gasteiger partial charge in [-0.2, -0.15) is 0 Å². The van der Waals surface area contributed by atoms with Crippen molar-refractivity contribution in [2.45, 2.75) is 19.1 Å². The number of fused-ring (bicyclic) bond motifs is 1. The van der Waals surface area contributed by atoms with Crippen molar-refractivity contribution in [2.24, 2.45) is 5.73 Å². The Balaban J connectivity index is 1.86. The molecule has 3 heteroatoms. The van der Waals surface area contributed by atoms with Crippen LogP contribution < -0.4 is 5.73 Å². The van der Waals surface area contributed by atoms with E-state index in [-0.39, 0.29) is 0 Å². The normalized spacial score (nSPS) is 18.5. The zero-order chi connectivity index (χ0) is 13.2. The molecule has 19 heavy (non-hydrogen) atoms. The number of benzene rings is 2. The summed E-state index contributed by atoms with van der Waals surface area (Å²) in [4.78, 5) is 2.39. The van der Waals surface area contributed by atoms with Gasteiger partial charge in [-0.05, 0) is 22.8 Å². The van der Waals surface area contributed by atoms with Gasteiger partial charge < -0.3 is 5.73 Å². The van der Waals surface area contributed by atoms with Gasteiger partial charge in [-0.1, -0.05) is 54.1 Å². The number of nitrogens with two attached hydrogens (primary N) is 1. The second kappa shape index (κ2) is 5.33. The maximum atomic E-state index is 6.25. The molecule has 0 amide bonds. The van der Waals surface area contributed by atoms with Crippen molar-refractivity contribution in [1.29, 1.82) is 0 Å². The van der Waals surface area contributed by atoms with Crippen molar-refractivity contribution in [2.75, 3.05) is 6.54 Å². The Morgan fingerprint density at radius 1 is 1.11 bits per heavy atom. The van der Waals surface area contributed by atoms with Crippen molar-refractivity contribution >= 4 is 11.6 Å². The largest absolute Gasteiger partial charge is 0.329 e. The highest BCUT2D eigenvalue weighted by atomic mass is 35.5. The maximum Gasteiger partial charge on any atom is 0.0480 e. The molecule has 2 aromatic carbocycles. The summed E-state index contributed by atoms with van der Waals surface area (Å²) in [7, 11) is 0. The van der Waals surface area contributed by atoms with Crippen LogP contribution >= 0.6 is 11.6 Å². The highest BCUT2D eigenvalue weighted by molar-refractivity contribution is 6.31. The summed E-state index contributed by atoms with van der Waals surface area (Å²) in [6.07, 6.45) is 0. The molecule has 98 valence electrons. The van der Waals surface area contributed by atoms with Crippen LogP contribution in [-0.2, 0) is 13.1 Å². The van der Waals surface area contributed by atoms with E-state index >= 15 is 0 Å². The Morgan fingerprint density at radius 2 is 1.84 bits per heavy atom. The molecule has 0 radical (unpaired) electrons. The van der Waals surface area contributed by atoms with Crippen molar-refractivity contribution in [3.63, 3.8) is 0 Å². The van der Waals surface area contributed by atoms with E-state index in [9.17, 15) is 0 Å². The lowest BCUT2D eigenvalue weighted by Crippen LogP contribution is -2.27. The zero-order valence-corrected chi connectivity index (χ0v) is 11.5. The average Bonchev–Trinajstić information content (AvgIpc) is 2.78. The summed E-state index contributed by atoms with van der Waals surface area (Å²) >= 11 is 6.25. The Bertz CT molecular complexity index is 582. The smallest absolute Gasteiger partial charge is 0.0480 e. The molecule has 1 heterocycles. The molecule has 0 fully saturated rings. The van der Waals surface area contributed by atoms with E-state index in [1.54, 1.807) is 0 Å². The predicted octanol–water partition coefficient (Wildman–Crippen LogP) is 3.36. The fourth-order valence-corrected chi connectivity index (χ4v) is 3.01. The average molecular weight is 273 g/mol. The fraction of sp³-hybridized carbons (Fsp3) is 0.250. The lowest BCUT2D eigenvalue weighted by Gasteiger charge is -2.24. The highest BCUT2D eigenvalue weighted by Gasteiger charge is 2.28. The van der Waals surface area contributed by atoms with E-state index in [2.05, 4.69) is 35.2 Å². The summed E-state index contributed by atoms with van der Waals surface area (Å²) < 4.78 is 0. The van der Waals surface area contributed by atoms with Gasteiger partial charge in [-0.15, -0.1) is 0 Å². The van der Waals surface area contributed by atoms with Crippen LogP contribution in [0.3, 0.4) is 0 Å². The second-order valence-electron chi connectivity index (χ2n) is 4.95. The molecule has 1 aliphatic rings. The van der Waals surface area contributed by atoms with Crippen molar-refractivity contribution in [1.82, 2.24) is 4.90 Å². The van der Waals surface area contributed by atoms with Gasteiger partial charge in [0.1, 0.15) is 0 Å². The molecule has 2 aromatic rings. The lowest BCUT2D eigenvalue weighted by molar-refractivity contribution is 0.211. The zero-order valence-electron chi connectivity index (χ0n) is 10.7. The Hall–Kier alpha value is -1.35. The minimum Gasteiger partial charge on any atom is -0.329 e. The molecule has 3 rings (SSSR count). The van der Waals surface area contributed by atoms with Crippen LogP contribution in [0.1, 0.15) is 22.7 Å². The first-order chi connectivity index (χ1) is 9.29. The third-order valence-electron chi connectivity index (χ3n) is 3.78. The van der Waals surface area contributed by atoms with Gasteiger partial charge in [-0.3, -0.25) is 4.90 Å². The molecule has 0 bridgehead atoms. The third-order valence-corrected chi connectivity index (χ3v) is 4.15. The Labute approximate surface area is 118 Å². The number of rotatable bonds is 3. The minimum atomic E-state index is 0.299. The van der Waals surface area contributed by atoms with Gasteiger partial charge in [0.2, 0.25) is 0 Å². The molecular formula is C16H17ClN2. The minimum absolute atomic E-state index is 0.299. The topological polar surface area (TPSA) is 29.3 Å². The first-order valence-electron chi connectivity index (χ1n) is 6.55. The van der Waals surface area contributed by atoms with Crippen LogP contribution in [0.15, 0.2) is 48.5 Å². The summed E-state index contributed by atoms with van der Waals surface area (Å²) in [5, 5.41) is 0.828. The van der Waals surface area contributed by atoms with Crippen LogP contribution in [0.4, 0.5) is 0 Å². The van der Waals surface area contributed by atoms with Crippen LogP contribution in [0.25, 0.3) is 0 Å². The Morgan fingerprint density at radius 3 is 2.63 bits per heavy atom. The molecule has 0 saturated heterocycles. The van der Waals surface area contributed by atoms with Crippen LogP contribution in [0, 0.1) is 0 Å². The van der Waals surface area contributed by atoms with Gasteiger partial charge >= 0.3 is 0 Å². The standard InChI is InChI=1S/C16H17ClN2/c17-15-8-4-2-6-13(15)11-19-10-12-5-1-3-7-14(12)16(19)9-18/h1-8,16H,9-11,18H2. The van der Waals surface area contributed by atoms with Gasteiger partial charge in [0.15, 0.2) is 0 Å². The van der Waals surface area contributed by atoms with E-state index in [4.69, 9.17) is 17.3 Å². The first kappa shape index (κ1) is 12.7. The summed E-state index contributed by atoms with van der Waals surface area (Å²) in [5.74, 6) is 0. The molecule has 0 saturated carbocycles. The molecule has 0 spiro atoms. The maximum absolute atomic E-state index is 6.25. The van der Waals surface area contributed by atoms with Gasteiger partial charge in [0.25, 0.3) is 0 Å². The Kier molecular flexibility index (Phi) is 3.56. The number of halogens is 1. The summed E-state index contributed by atoms with van der Waals surface area (Å²) in [6.45, 7) is 2.43. The fourth-order valence-electron chi connectivity index (χ4n) is 2.82. The van der Waals surface area contributed by atoms with Gasteiger partial charge in [0, 0.05) is 30.7 Å². The van der Waals surface area contributed by atoms with Crippen molar-refractivity contribution in [3.05, 3.63) is 70.2 Å². The highest BCUT2D eigenvalue weighted by Crippen LogP contribution is 2.34. The second-order valence-corrected chi connectivity index (χ2v) is 5.35. The van der Waals surface area contributed by atoms with E-state index in [1.807, 2.05) is 18.2 Å². The molecule has 1 unspecified atom stereocenters. The SMILES string of the molecule is NCC1c2ccccc2CN1Cc1ccccc1Cl. The predicted molar refractivity (Wildman–Crippen MR) is 78.9 cm³/mol. The third kappa shape index (κ3) is 2.39. The van der Waals surface area contributed by atoms with E-state index in [1.165, 1.54) is 11.1 Å².